The van der Waals surface area contributed by atoms with Crippen LogP contribution < -0.4 is 21.9 Å². The maximum absolute atomic E-state index is 13.6. The Morgan fingerprint density at radius 3 is 2.26 bits per heavy atom. The van der Waals surface area contributed by atoms with Crippen LogP contribution in [0.25, 0.3) is 0 Å². The number of para-hydroxylation sites is 1. The zero-order valence-electron chi connectivity index (χ0n) is 20.1. The van der Waals surface area contributed by atoms with Crippen molar-refractivity contribution in [3.63, 3.8) is 0 Å². The highest BCUT2D eigenvalue weighted by Crippen LogP contribution is 2.40. The van der Waals surface area contributed by atoms with Gasteiger partial charge < -0.3 is 15.4 Å². The van der Waals surface area contributed by atoms with Gasteiger partial charge in [-0.1, -0.05) is 30.3 Å². The Morgan fingerprint density at radius 2 is 1.63 bits per heavy atom. The average molecular weight is 475 g/mol. The monoisotopic (exact) mass is 474 g/mol. The summed E-state index contributed by atoms with van der Waals surface area (Å²) in [6.45, 7) is 3.62. The minimum absolute atomic E-state index is 0.265. The Bertz CT molecular complexity index is 1500. The molecule has 9 nitrogen and oxygen atoms in total. The highest BCUT2D eigenvalue weighted by molar-refractivity contribution is 6.07. The summed E-state index contributed by atoms with van der Waals surface area (Å²) in [7, 11) is 4.26. The van der Waals surface area contributed by atoms with Gasteiger partial charge >= 0.3 is 11.7 Å². The van der Waals surface area contributed by atoms with Gasteiger partial charge in [0.25, 0.3) is 11.5 Å². The van der Waals surface area contributed by atoms with Crippen LogP contribution in [0.1, 0.15) is 39.9 Å². The fraction of sp³-hybridized carbons (Fsp3) is 0.231. The van der Waals surface area contributed by atoms with Crippen molar-refractivity contribution in [3.05, 3.63) is 103 Å². The number of carbonyl (C=O) groups excluding carboxylic acids is 2. The third-order valence-electron chi connectivity index (χ3n) is 6.29. The number of aryl methyl sites for hydroxylation is 1. The molecule has 0 saturated carbocycles. The van der Waals surface area contributed by atoms with Crippen LogP contribution in [0.4, 0.5) is 11.5 Å². The number of amides is 1. The van der Waals surface area contributed by atoms with E-state index in [2.05, 4.69) is 10.6 Å². The van der Waals surface area contributed by atoms with Crippen LogP contribution in [-0.2, 0) is 23.6 Å². The van der Waals surface area contributed by atoms with Gasteiger partial charge in [0.2, 0.25) is 0 Å². The van der Waals surface area contributed by atoms with E-state index in [1.807, 2.05) is 25.1 Å². The first-order chi connectivity index (χ1) is 16.6. The van der Waals surface area contributed by atoms with Crippen molar-refractivity contribution in [2.45, 2.75) is 19.8 Å². The Labute approximate surface area is 201 Å². The summed E-state index contributed by atoms with van der Waals surface area (Å²) in [6.07, 6.45) is 0. The van der Waals surface area contributed by atoms with E-state index in [4.69, 9.17) is 4.74 Å². The summed E-state index contributed by atoms with van der Waals surface area (Å²) >= 11 is 0. The van der Waals surface area contributed by atoms with Crippen LogP contribution in [0, 0.1) is 6.92 Å². The second-order valence-electron chi connectivity index (χ2n) is 8.45. The molecule has 1 atom stereocenters. The van der Waals surface area contributed by atoms with Crippen LogP contribution in [0.5, 0.6) is 0 Å². The van der Waals surface area contributed by atoms with E-state index in [1.165, 1.54) is 18.7 Å². The number of rotatable bonds is 4. The SMILES string of the molecule is COC(=O)c1ccc([C@H]2C(C(=O)Nc3ccccc3C)=C(C)Nc3c2c(=O)n(C)c(=O)n3C)cc1. The number of ether oxygens (including phenoxy) is 1. The lowest BCUT2D eigenvalue weighted by molar-refractivity contribution is -0.113. The van der Waals surface area contributed by atoms with Crippen LogP contribution in [0.15, 0.2) is 69.4 Å². The van der Waals surface area contributed by atoms with Gasteiger partial charge in [0.15, 0.2) is 0 Å². The molecule has 180 valence electrons. The van der Waals surface area contributed by atoms with Crippen LogP contribution >= 0.6 is 0 Å². The third kappa shape index (κ3) is 4.05. The summed E-state index contributed by atoms with van der Waals surface area (Å²) in [5.41, 5.74) is 2.61. The molecule has 1 aromatic heterocycles. The Morgan fingerprint density at radius 1 is 0.971 bits per heavy atom. The molecule has 0 unspecified atom stereocenters. The number of methoxy groups -OCH3 is 1. The molecule has 9 heteroatoms. The Balaban J connectivity index is 1.93. The molecule has 0 fully saturated rings. The lowest BCUT2D eigenvalue weighted by Gasteiger charge is -2.31. The largest absolute Gasteiger partial charge is 0.465 e. The first kappa shape index (κ1) is 23.7. The number of allylic oxidation sites excluding steroid dienone is 1. The molecule has 3 aromatic rings. The number of hydrogen-bond acceptors (Lipinski definition) is 6. The molecular weight excluding hydrogens is 448 g/mol. The standard InChI is InChI=1S/C26H26N4O5/c1-14-8-6-7-9-18(14)28-23(31)19-15(2)27-22-21(24(32)30(4)26(34)29(22)3)20(19)16-10-12-17(13-11-16)25(33)35-5/h6-13,20,27H,1-5H3,(H,28,31)/t20-/m0/s1. The molecule has 1 amide bonds. The van der Waals surface area contributed by atoms with E-state index in [0.29, 0.717) is 33.9 Å². The summed E-state index contributed by atoms with van der Waals surface area (Å²) in [5.74, 6) is -1.34. The average Bonchev–Trinajstić information content (AvgIpc) is 2.86. The summed E-state index contributed by atoms with van der Waals surface area (Å²) < 4.78 is 7.16. The van der Waals surface area contributed by atoms with E-state index < -0.39 is 23.1 Å². The van der Waals surface area contributed by atoms with Crippen molar-refractivity contribution in [2.75, 3.05) is 17.7 Å². The van der Waals surface area contributed by atoms with Crippen molar-refractivity contribution in [3.8, 4) is 0 Å². The van der Waals surface area contributed by atoms with Crippen LogP contribution in [0.3, 0.4) is 0 Å². The normalized spacial score (nSPS) is 14.7. The molecule has 0 spiro atoms. The van der Waals surface area contributed by atoms with Crippen molar-refractivity contribution >= 4 is 23.4 Å². The van der Waals surface area contributed by atoms with Crippen LogP contribution in [0.2, 0.25) is 0 Å². The Hall–Kier alpha value is -4.40. The summed E-state index contributed by atoms with van der Waals surface area (Å²) in [6, 6.07) is 13.9. The topological polar surface area (TPSA) is 111 Å². The van der Waals surface area contributed by atoms with E-state index in [0.717, 1.165) is 10.1 Å². The molecule has 35 heavy (non-hydrogen) atoms. The summed E-state index contributed by atoms with van der Waals surface area (Å²) in [5, 5.41) is 6.05. The predicted molar refractivity (Wildman–Crippen MR) is 133 cm³/mol. The van der Waals surface area contributed by atoms with E-state index in [9.17, 15) is 19.2 Å². The van der Waals surface area contributed by atoms with Gasteiger partial charge in [0.05, 0.1) is 24.2 Å². The lowest BCUT2D eigenvalue weighted by Crippen LogP contribution is -2.43. The fourth-order valence-corrected chi connectivity index (χ4v) is 4.35. The number of anilines is 2. The van der Waals surface area contributed by atoms with Gasteiger partial charge in [-0.25, -0.2) is 9.59 Å². The minimum Gasteiger partial charge on any atom is -0.465 e. The molecule has 2 aromatic carbocycles. The van der Waals surface area contributed by atoms with Crippen molar-refractivity contribution in [1.29, 1.82) is 0 Å². The molecule has 0 bridgehead atoms. The van der Waals surface area contributed by atoms with Crippen molar-refractivity contribution in [2.24, 2.45) is 14.1 Å². The maximum atomic E-state index is 13.6. The van der Waals surface area contributed by atoms with E-state index in [-0.39, 0.29) is 11.5 Å². The highest BCUT2D eigenvalue weighted by atomic mass is 16.5. The van der Waals surface area contributed by atoms with Crippen molar-refractivity contribution < 1.29 is 14.3 Å². The maximum Gasteiger partial charge on any atom is 0.337 e. The zero-order chi connectivity index (χ0) is 25.4. The third-order valence-corrected chi connectivity index (χ3v) is 6.29. The number of aromatic nitrogens is 2. The van der Waals surface area contributed by atoms with E-state index >= 15 is 0 Å². The summed E-state index contributed by atoms with van der Waals surface area (Å²) in [4.78, 5) is 51.5. The van der Waals surface area contributed by atoms with Gasteiger partial charge in [0, 0.05) is 31.1 Å². The first-order valence-corrected chi connectivity index (χ1v) is 11.0. The minimum atomic E-state index is -0.785. The van der Waals surface area contributed by atoms with E-state index in [1.54, 1.807) is 44.3 Å². The molecule has 1 aliphatic rings. The van der Waals surface area contributed by atoms with Gasteiger partial charge in [-0.15, -0.1) is 0 Å². The molecule has 1 aliphatic heterocycles. The number of nitrogens with one attached hydrogen (secondary N) is 2. The first-order valence-electron chi connectivity index (χ1n) is 11.0. The predicted octanol–water partition coefficient (Wildman–Crippen LogP) is 2.65. The fourth-order valence-electron chi connectivity index (χ4n) is 4.35. The molecule has 0 aliphatic carbocycles. The number of fused-ring (bicyclic) bond motifs is 1. The number of esters is 1. The quantitative estimate of drug-likeness (QED) is 0.563. The van der Waals surface area contributed by atoms with Gasteiger partial charge in [-0.05, 0) is 43.2 Å². The van der Waals surface area contributed by atoms with Gasteiger partial charge in [-0.3, -0.25) is 18.7 Å². The number of benzene rings is 2. The highest BCUT2D eigenvalue weighted by Gasteiger charge is 2.36. The van der Waals surface area contributed by atoms with Gasteiger partial charge in [-0.2, -0.15) is 0 Å². The zero-order valence-corrected chi connectivity index (χ0v) is 20.1. The lowest BCUT2D eigenvalue weighted by atomic mass is 9.81. The molecule has 2 N–H and O–H groups in total. The Kier molecular flexibility index (Phi) is 6.17. The molecule has 4 rings (SSSR count). The second kappa shape index (κ2) is 9.09. The number of hydrogen-bond donors (Lipinski definition) is 2. The molecule has 0 radical (unpaired) electrons. The van der Waals surface area contributed by atoms with Gasteiger partial charge in [0.1, 0.15) is 5.82 Å². The second-order valence-corrected chi connectivity index (χ2v) is 8.45. The molecule has 2 heterocycles. The smallest absolute Gasteiger partial charge is 0.337 e. The number of carbonyl (C=O) groups is 2. The molecular formula is C26H26N4O5. The van der Waals surface area contributed by atoms with Crippen molar-refractivity contribution in [1.82, 2.24) is 9.13 Å². The molecule has 0 saturated heterocycles. The van der Waals surface area contributed by atoms with Crippen LogP contribution in [-0.4, -0.2) is 28.1 Å². The number of nitrogens with zero attached hydrogens (tertiary/aromatic N) is 2.